The summed E-state index contributed by atoms with van der Waals surface area (Å²) in [4.78, 5) is 0. The van der Waals surface area contributed by atoms with Gasteiger partial charge in [-0.2, -0.15) is 8.78 Å². The second-order valence-corrected chi connectivity index (χ2v) is 8.15. The number of hydrogen-bond donors (Lipinski definition) is 0. The number of benzene rings is 3. The van der Waals surface area contributed by atoms with Crippen LogP contribution >= 0.6 is 11.6 Å². The molecule has 3 aromatic carbocycles. The minimum absolute atomic E-state index is 0.0159. The van der Waals surface area contributed by atoms with Gasteiger partial charge in [0.15, 0.2) is 11.6 Å². The highest BCUT2D eigenvalue weighted by atomic mass is 35.5. The molecule has 3 rings (SSSR count). The summed E-state index contributed by atoms with van der Waals surface area (Å²) < 4.78 is 68.6. The molecule has 0 spiro atoms. The molecule has 32 heavy (non-hydrogen) atoms. The average Bonchev–Trinajstić information content (AvgIpc) is 2.71. The second-order valence-electron chi connectivity index (χ2n) is 7.72. The minimum Gasteiger partial charge on any atom is -0.454 e. The van der Waals surface area contributed by atoms with Crippen LogP contribution in [0.5, 0.6) is 17.2 Å². The van der Waals surface area contributed by atoms with Crippen LogP contribution in [-0.4, -0.2) is 13.2 Å². The summed E-state index contributed by atoms with van der Waals surface area (Å²) in [6.45, 7) is 0.953. The molecule has 8 heteroatoms. The Morgan fingerprint density at radius 3 is 2.31 bits per heavy atom. The molecule has 0 atom stereocenters. The van der Waals surface area contributed by atoms with Gasteiger partial charge in [0.1, 0.15) is 17.3 Å². The van der Waals surface area contributed by atoms with Gasteiger partial charge in [0, 0.05) is 16.0 Å². The van der Waals surface area contributed by atoms with E-state index in [4.69, 9.17) is 21.1 Å². The number of ether oxygens (including phenoxy) is 3. The maximum Gasteiger partial charge on any atom is 0.387 e. The summed E-state index contributed by atoms with van der Waals surface area (Å²) in [5.41, 5.74) is 0.476. The Morgan fingerprint density at radius 1 is 0.906 bits per heavy atom. The van der Waals surface area contributed by atoms with E-state index in [2.05, 4.69) is 4.74 Å². The molecule has 0 bridgehead atoms. The summed E-state index contributed by atoms with van der Waals surface area (Å²) in [6.07, 6.45) is 0. The zero-order valence-corrected chi connectivity index (χ0v) is 18.1. The van der Waals surface area contributed by atoms with E-state index in [9.17, 15) is 17.6 Å². The molecule has 0 aromatic heterocycles. The van der Waals surface area contributed by atoms with Crippen LogP contribution in [0.1, 0.15) is 25.0 Å². The van der Waals surface area contributed by atoms with E-state index in [1.165, 1.54) is 42.5 Å². The quantitative estimate of drug-likeness (QED) is 0.304. The van der Waals surface area contributed by atoms with Crippen LogP contribution in [0.15, 0.2) is 60.7 Å². The fourth-order valence-electron chi connectivity index (χ4n) is 3.10. The van der Waals surface area contributed by atoms with E-state index in [1.807, 2.05) is 13.8 Å². The van der Waals surface area contributed by atoms with E-state index in [0.717, 1.165) is 0 Å². The van der Waals surface area contributed by atoms with Crippen molar-refractivity contribution in [1.29, 1.82) is 0 Å². The highest BCUT2D eigenvalue weighted by Gasteiger charge is 2.26. The van der Waals surface area contributed by atoms with Crippen LogP contribution in [0.25, 0.3) is 0 Å². The van der Waals surface area contributed by atoms with Crippen LogP contribution < -0.4 is 9.47 Å². The summed E-state index contributed by atoms with van der Waals surface area (Å²) in [5.74, 6) is -0.752. The minimum atomic E-state index is -2.98. The first-order valence-electron chi connectivity index (χ1n) is 9.68. The van der Waals surface area contributed by atoms with Gasteiger partial charge in [0.2, 0.25) is 0 Å². The van der Waals surface area contributed by atoms with Crippen LogP contribution in [0.3, 0.4) is 0 Å². The van der Waals surface area contributed by atoms with Crippen molar-refractivity contribution in [3.05, 3.63) is 88.4 Å². The SMILES string of the molecule is CC(C)(COCc1ccc(F)c(Oc2ccc(F)cc2)c1)c1ccc(Cl)cc1OC(F)F. The molecule has 3 aromatic rings. The van der Waals surface area contributed by atoms with Gasteiger partial charge in [-0.15, -0.1) is 0 Å². The van der Waals surface area contributed by atoms with Gasteiger partial charge < -0.3 is 14.2 Å². The van der Waals surface area contributed by atoms with Gasteiger partial charge in [-0.25, -0.2) is 8.78 Å². The molecule has 0 aliphatic carbocycles. The van der Waals surface area contributed by atoms with E-state index in [-0.39, 0.29) is 29.7 Å². The molecule has 170 valence electrons. The predicted octanol–water partition coefficient (Wildman–Crippen LogP) is 7.51. The highest BCUT2D eigenvalue weighted by molar-refractivity contribution is 6.30. The van der Waals surface area contributed by atoms with Crippen molar-refractivity contribution in [2.24, 2.45) is 0 Å². The lowest BCUT2D eigenvalue weighted by Crippen LogP contribution is -2.25. The van der Waals surface area contributed by atoms with Crippen molar-refractivity contribution in [3.63, 3.8) is 0 Å². The third-order valence-corrected chi connectivity index (χ3v) is 4.89. The summed E-state index contributed by atoms with van der Waals surface area (Å²) >= 11 is 5.91. The Hall–Kier alpha value is -2.77. The van der Waals surface area contributed by atoms with Crippen molar-refractivity contribution in [2.75, 3.05) is 6.61 Å². The topological polar surface area (TPSA) is 27.7 Å². The van der Waals surface area contributed by atoms with Gasteiger partial charge in [-0.05, 0) is 54.1 Å². The van der Waals surface area contributed by atoms with Gasteiger partial charge in [-0.1, -0.05) is 37.6 Å². The first kappa shape index (κ1) is 23.9. The number of rotatable bonds is 9. The summed E-state index contributed by atoms with van der Waals surface area (Å²) in [5, 5.41) is 0.279. The Labute approximate surface area is 188 Å². The van der Waals surface area contributed by atoms with Crippen molar-refractivity contribution in [2.45, 2.75) is 32.5 Å². The zero-order valence-electron chi connectivity index (χ0n) is 17.4. The van der Waals surface area contributed by atoms with Crippen LogP contribution in [0, 0.1) is 11.6 Å². The average molecular weight is 469 g/mol. The number of alkyl halides is 2. The molecule has 0 saturated heterocycles. The van der Waals surface area contributed by atoms with Crippen molar-refractivity contribution >= 4 is 11.6 Å². The molecule has 0 fully saturated rings. The van der Waals surface area contributed by atoms with E-state index in [0.29, 0.717) is 16.9 Å². The molecular formula is C24H21ClF4O3. The molecule has 0 saturated carbocycles. The van der Waals surface area contributed by atoms with E-state index in [1.54, 1.807) is 18.2 Å². The molecule has 0 aliphatic rings. The molecule has 0 aliphatic heterocycles. The Morgan fingerprint density at radius 2 is 1.62 bits per heavy atom. The maximum atomic E-state index is 14.1. The largest absolute Gasteiger partial charge is 0.454 e. The standard InChI is InChI=1S/C24H21ClF4O3/c1-24(2,19-9-4-16(25)12-21(19)32-23(28)29)14-30-13-15-3-10-20(27)22(11-15)31-18-7-5-17(26)6-8-18/h3-12,23H,13-14H2,1-2H3. The smallest absolute Gasteiger partial charge is 0.387 e. The third-order valence-electron chi connectivity index (χ3n) is 4.66. The third kappa shape index (κ3) is 6.37. The van der Waals surface area contributed by atoms with Gasteiger partial charge in [-0.3, -0.25) is 0 Å². The van der Waals surface area contributed by atoms with E-state index >= 15 is 0 Å². The van der Waals surface area contributed by atoms with Gasteiger partial charge in [0.05, 0.1) is 13.2 Å². The highest BCUT2D eigenvalue weighted by Crippen LogP contribution is 2.35. The lowest BCUT2D eigenvalue weighted by molar-refractivity contribution is -0.0514. The van der Waals surface area contributed by atoms with Crippen LogP contribution in [0.4, 0.5) is 17.6 Å². The van der Waals surface area contributed by atoms with Gasteiger partial charge in [0.25, 0.3) is 0 Å². The lowest BCUT2D eigenvalue weighted by atomic mass is 9.85. The second kappa shape index (κ2) is 10.2. The summed E-state index contributed by atoms with van der Waals surface area (Å²) in [7, 11) is 0. The van der Waals surface area contributed by atoms with Crippen LogP contribution in [-0.2, 0) is 16.8 Å². The molecule has 0 N–H and O–H groups in total. The number of halogens is 5. The Kier molecular flexibility index (Phi) is 7.64. The van der Waals surface area contributed by atoms with Crippen molar-refractivity contribution < 1.29 is 31.8 Å². The van der Waals surface area contributed by atoms with Crippen LogP contribution in [0.2, 0.25) is 5.02 Å². The molecule has 0 heterocycles. The summed E-state index contributed by atoms with van der Waals surface area (Å²) in [6, 6.07) is 14.0. The maximum absolute atomic E-state index is 14.1. The molecule has 0 radical (unpaired) electrons. The van der Waals surface area contributed by atoms with Crippen molar-refractivity contribution in [3.8, 4) is 17.2 Å². The van der Waals surface area contributed by atoms with Gasteiger partial charge >= 0.3 is 6.61 Å². The zero-order chi connectivity index (χ0) is 23.3. The first-order valence-corrected chi connectivity index (χ1v) is 10.1. The normalized spacial score (nSPS) is 11.6. The number of hydrogen-bond acceptors (Lipinski definition) is 3. The van der Waals surface area contributed by atoms with E-state index < -0.39 is 23.7 Å². The molecular weight excluding hydrogens is 448 g/mol. The Balaban J connectivity index is 1.67. The monoisotopic (exact) mass is 468 g/mol. The molecule has 3 nitrogen and oxygen atoms in total. The van der Waals surface area contributed by atoms with Crippen molar-refractivity contribution in [1.82, 2.24) is 0 Å². The predicted molar refractivity (Wildman–Crippen MR) is 114 cm³/mol. The molecule has 0 amide bonds. The Bertz CT molecular complexity index is 1060. The fraction of sp³-hybridized carbons (Fsp3) is 0.250. The first-order chi connectivity index (χ1) is 15.1. The lowest BCUT2D eigenvalue weighted by Gasteiger charge is -2.27. The molecule has 0 unspecified atom stereocenters. The fourth-order valence-corrected chi connectivity index (χ4v) is 3.26.